The van der Waals surface area contributed by atoms with Crippen molar-refractivity contribution in [3.63, 3.8) is 0 Å². The smallest absolute Gasteiger partial charge is 0.310 e. The minimum atomic E-state index is -0.738. The molecular weight excluding hydrogens is 330 g/mol. The molecule has 8 heteroatoms. The van der Waals surface area contributed by atoms with E-state index in [1.165, 1.54) is 14.0 Å². The molecule has 1 aromatic rings. The first kappa shape index (κ1) is 20.0. The summed E-state index contributed by atoms with van der Waals surface area (Å²) in [5.74, 6) is -1.17. The van der Waals surface area contributed by atoms with Crippen LogP contribution >= 0.6 is 0 Å². The molecular formula is C17H19NO7. The van der Waals surface area contributed by atoms with Gasteiger partial charge in [-0.3, -0.25) is 28.5 Å². The Bertz CT molecular complexity index is 855. The lowest BCUT2D eigenvalue weighted by Gasteiger charge is -2.04. The van der Waals surface area contributed by atoms with Crippen molar-refractivity contribution >= 4 is 11.9 Å². The zero-order chi connectivity index (χ0) is 19.0. The second-order valence-corrected chi connectivity index (χ2v) is 5.14. The van der Waals surface area contributed by atoms with Gasteiger partial charge in [-0.25, -0.2) is 0 Å². The Balaban J connectivity index is 3.32. The second-order valence-electron chi connectivity index (χ2n) is 5.14. The van der Waals surface area contributed by atoms with E-state index in [2.05, 4.69) is 16.1 Å². The van der Waals surface area contributed by atoms with Crippen molar-refractivity contribution in [2.45, 2.75) is 32.7 Å². The molecule has 1 heterocycles. The average molecular weight is 349 g/mol. The van der Waals surface area contributed by atoms with Gasteiger partial charge in [-0.15, -0.1) is 0 Å². The molecule has 0 amide bonds. The van der Waals surface area contributed by atoms with Crippen molar-refractivity contribution in [1.82, 2.24) is 4.57 Å². The molecule has 0 unspecified atom stereocenters. The number of carbonyl (C=O) groups excluding carboxylic acids is 2. The summed E-state index contributed by atoms with van der Waals surface area (Å²) in [6, 6.07) is 2.04. The van der Waals surface area contributed by atoms with Crippen LogP contribution in [0, 0.1) is 6.92 Å². The zero-order valence-corrected chi connectivity index (χ0v) is 14.1. The molecule has 0 aliphatic heterocycles. The Kier molecular flexibility index (Phi) is 7.45. The molecule has 8 nitrogen and oxygen atoms in total. The monoisotopic (exact) mass is 349 g/mol. The van der Waals surface area contributed by atoms with Crippen LogP contribution in [0.4, 0.5) is 0 Å². The third-order valence-electron chi connectivity index (χ3n) is 3.40. The molecule has 0 fully saturated rings. The molecule has 0 saturated carbocycles. The highest BCUT2D eigenvalue weighted by molar-refractivity contribution is 5.70. The Morgan fingerprint density at radius 2 is 1.76 bits per heavy atom. The molecule has 0 atom stereocenters. The van der Waals surface area contributed by atoms with Gasteiger partial charge in [0.25, 0.3) is 11.1 Å². The van der Waals surface area contributed by atoms with Gasteiger partial charge in [0, 0.05) is 29.8 Å². The minimum Gasteiger partial charge on any atom is -0.469 e. The molecule has 0 bridgehead atoms. The van der Waals surface area contributed by atoms with Crippen LogP contribution in [0.25, 0.3) is 0 Å². The summed E-state index contributed by atoms with van der Waals surface area (Å²) in [7, 11) is 1.20. The van der Waals surface area contributed by atoms with E-state index >= 15 is 0 Å². The standard InChI is InChI=1S/C17H19NO7/c1-4-25-16(22)6-5-12-10-14(20)18(8-7-15(21)24-3)13(19)9-11(2)17(12)23/h4,9-10H,1,5-8H2,2-3H3. The minimum absolute atomic E-state index is 0.0263. The maximum atomic E-state index is 12.3. The van der Waals surface area contributed by atoms with Crippen molar-refractivity contribution < 1.29 is 19.1 Å². The first-order chi connectivity index (χ1) is 11.8. The summed E-state index contributed by atoms with van der Waals surface area (Å²) in [6.45, 7) is 4.51. The van der Waals surface area contributed by atoms with Gasteiger partial charge in [-0.05, 0) is 13.3 Å². The van der Waals surface area contributed by atoms with Gasteiger partial charge in [0.15, 0.2) is 5.43 Å². The van der Waals surface area contributed by atoms with Crippen LogP contribution < -0.4 is 16.5 Å². The fourth-order valence-electron chi connectivity index (χ4n) is 2.08. The molecule has 0 aliphatic rings. The molecule has 134 valence electrons. The predicted molar refractivity (Wildman–Crippen MR) is 89.2 cm³/mol. The second kappa shape index (κ2) is 9.31. The van der Waals surface area contributed by atoms with E-state index in [1.54, 1.807) is 0 Å². The fraction of sp³-hybridized carbons (Fsp3) is 0.353. The van der Waals surface area contributed by atoms with E-state index in [0.717, 1.165) is 23.0 Å². The number of esters is 2. The van der Waals surface area contributed by atoms with Gasteiger partial charge in [0.2, 0.25) is 0 Å². The summed E-state index contributed by atoms with van der Waals surface area (Å²) in [6.07, 6.45) is 0.658. The number of rotatable bonds is 7. The van der Waals surface area contributed by atoms with E-state index in [9.17, 15) is 24.0 Å². The lowest BCUT2D eigenvalue weighted by molar-refractivity contribution is -0.141. The number of hydrogen-bond donors (Lipinski definition) is 0. The number of hydrogen-bond acceptors (Lipinski definition) is 7. The van der Waals surface area contributed by atoms with E-state index in [0.29, 0.717) is 0 Å². The normalized spacial score (nSPS) is 10.0. The van der Waals surface area contributed by atoms with Crippen molar-refractivity contribution in [2.24, 2.45) is 0 Å². The summed E-state index contributed by atoms with van der Waals surface area (Å²) < 4.78 is 9.89. The van der Waals surface area contributed by atoms with Crippen molar-refractivity contribution in [2.75, 3.05) is 7.11 Å². The first-order valence-electron chi connectivity index (χ1n) is 7.46. The summed E-state index contributed by atoms with van der Waals surface area (Å²) >= 11 is 0. The lowest BCUT2D eigenvalue weighted by atomic mass is 10.1. The zero-order valence-electron chi connectivity index (χ0n) is 14.1. The summed E-state index contributed by atoms with van der Waals surface area (Å²) in [5, 5.41) is 0. The maximum absolute atomic E-state index is 12.3. The fourth-order valence-corrected chi connectivity index (χ4v) is 2.08. The highest BCUT2D eigenvalue weighted by atomic mass is 16.5. The molecule has 1 rings (SSSR count). The quantitative estimate of drug-likeness (QED) is 0.506. The number of methoxy groups -OCH3 is 1. The number of aryl methyl sites for hydroxylation is 2. The van der Waals surface area contributed by atoms with Crippen molar-refractivity contribution in [3.05, 3.63) is 67.0 Å². The highest BCUT2D eigenvalue weighted by Gasteiger charge is 2.10. The molecule has 0 aromatic carbocycles. The Morgan fingerprint density at radius 3 is 2.36 bits per heavy atom. The predicted octanol–water partition coefficient (Wildman–Crippen LogP) is 0.0595. The van der Waals surface area contributed by atoms with Crippen LogP contribution in [0.3, 0.4) is 0 Å². The molecule has 25 heavy (non-hydrogen) atoms. The van der Waals surface area contributed by atoms with Crippen LogP contribution in [-0.4, -0.2) is 23.6 Å². The van der Waals surface area contributed by atoms with Gasteiger partial charge in [-0.2, -0.15) is 0 Å². The van der Waals surface area contributed by atoms with E-state index < -0.39 is 28.5 Å². The number of ether oxygens (including phenoxy) is 2. The Morgan fingerprint density at radius 1 is 1.12 bits per heavy atom. The maximum Gasteiger partial charge on any atom is 0.310 e. The highest BCUT2D eigenvalue weighted by Crippen LogP contribution is 1.98. The van der Waals surface area contributed by atoms with Gasteiger partial charge >= 0.3 is 11.9 Å². The van der Waals surface area contributed by atoms with Crippen molar-refractivity contribution in [1.29, 1.82) is 0 Å². The number of aromatic nitrogens is 1. The Hall–Kier alpha value is -3.03. The first-order valence-corrected chi connectivity index (χ1v) is 7.46. The lowest BCUT2D eigenvalue weighted by Crippen LogP contribution is -2.33. The summed E-state index contributed by atoms with van der Waals surface area (Å²) in [4.78, 5) is 59.3. The molecule has 0 radical (unpaired) electrons. The van der Waals surface area contributed by atoms with Crippen LogP contribution in [0.1, 0.15) is 24.0 Å². The molecule has 0 aliphatic carbocycles. The number of nitrogens with zero attached hydrogens (tertiary/aromatic N) is 1. The molecule has 1 aromatic heterocycles. The van der Waals surface area contributed by atoms with Gasteiger partial charge in [0.1, 0.15) is 0 Å². The molecule has 0 N–H and O–H groups in total. The molecule has 0 saturated heterocycles. The average Bonchev–Trinajstić information content (AvgIpc) is 2.57. The third kappa shape index (κ3) is 5.83. The SMILES string of the molecule is C=COC(=O)CCc1cc(=O)n(CCC(=O)OC)c(=O)cc(C)c1=O. The van der Waals surface area contributed by atoms with Gasteiger partial charge in [0.05, 0.1) is 26.2 Å². The number of carbonyl (C=O) groups is 2. The van der Waals surface area contributed by atoms with Gasteiger partial charge in [-0.1, -0.05) is 6.58 Å². The van der Waals surface area contributed by atoms with Crippen molar-refractivity contribution in [3.8, 4) is 0 Å². The van der Waals surface area contributed by atoms with E-state index in [4.69, 9.17) is 0 Å². The Labute approximate surface area is 143 Å². The van der Waals surface area contributed by atoms with Crippen LogP contribution in [0.15, 0.2) is 39.4 Å². The van der Waals surface area contributed by atoms with E-state index in [1.807, 2.05) is 0 Å². The topological polar surface area (TPSA) is 109 Å². The van der Waals surface area contributed by atoms with Gasteiger partial charge < -0.3 is 9.47 Å². The van der Waals surface area contributed by atoms with E-state index in [-0.39, 0.29) is 36.9 Å². The largest absolute Gasteiger partial charge is 0.469 e. The van der Waals surface area contributed by atoms with Crippen LogP contribution in [-0.2, 0) is 32.0 Å². The van der Waals surface area contributed by atoms with Crippen LogP contribution in [0.5, 0.6) is 0 Å². The third-order valence-corrected chi connectivity index (χ3v) is 3.40. The molecule has 0 spiro atoms. The summed E-state index contributed by atoms with van der Waals surface area (Å²) in [5.41, 5.74) is -1.72. The van der Waals surface area contributed by atoms with Crippen LogP contribution in [0.2, 0.25) is 0 Å².